The number of H-pyrrole nitrogens is 1. The van der Waals surface area contributed by atoms with E-state index < -0.39 is 0 Å². The normalized spacial score (nSPS) is 10.9. The minimum Gasteiger partial charge on any atom is -0.497 e. The molecule has 4 rings (SSSR count). The Morgan fingerprint density at radius 3 is 2.88 bits per heavy atom. The van der Waals surface area contributed by atoms with Crippen molar-refractivity contribution in [2.75, 3.05) is 7.11 Å². The molecule has 0 saturated heterocycles. The van der Waals surface area contributed by atoms with Crippen molar-refractivity contribution in [2.24, 2.45) is 0 Å². The maximum atomic E-state index is 12.5. The van der Waals surface area contributed by atoms with Gasteiger partial charge in [-0.3, -0.25) is 9.78 Å². The second kappa shape index (κ2) is 6.28. The maximum Gasteiger partial charge on any atom is 0.251 e. The number of rotatable bonds is 4. The summed E-state index contributed by atoms with van der Waals surface area (Å²) < 4.78 is 5.20. The van der Waals surface area contributed by atoms with Gasteiger partial charge >= 0.3 is 0 Å². The second-order valence-corrected chi connectivity index (χ2v) is 5.84. The Bertz CT molecular complexity index is 1070. The van der Waals surface area contributed by atoms with E-state index in [0.29, 0.717) is 12.1 Å². The molecule has 25 heavy (non-hydrogen) atoms. The van der Waals surface area contributed by atoms with Gasteiger partial charge in [-0.1, -0.05) is 18.2 Å². The zero-order chi connectivity index (χ0) is 17.2. The first-order valence-electron chi connectivity index (χ1n) is 8.01. The molecule has 0 aliphatic rings. The minimum atomic E-state index is -0.110. The van der Waals surface area contributed by atoms with Crippen molar-refractivity contribution in [3.05, 3.63) is 72.1 Å². The summed E-state index contributed by atoms with van der Waals surface area (Å²) in [6.45, 7) is 0.449. The highest BCUT2D eigenvalue weighted by Crippen LogP contribution is 2.25. The molecule has 0 atom stereocenters. The third-order valence-electron chi connectivity index (χ3n) is 4.25. The molecule has 5 nitrogen and oxygen atoms in total. The van der Waals surface area contributed by atoms with Crippen molar-refractivity contribution >= 4 is 27.7 Å². The van der Waals surface area contributed by atoms with Crippen molar-refractivity contribution in [2.45, 2.75) is 6.54 Å². The van der Waals surface area contributed by atoms with Crippen molar-refractivity contribution in [3.63, 3.8) is 0 Å². The summed E-state index contributed by atoms with van der Waals surface area (Å²) in [4.78, 5) is 19.9. The maximum absolute atomic E-state index is 12.5. The number of hydrogen-bond donors (Lipinski definition) is 2. The van der Waals surface area contributed by atoms with Crippen LogP contribution in [0.5, 0.6) is 5.75 Å². The number of hydrogen-bond acceptors (Lipinski definition) is 3. The molecule has 4 aromatic rings. The molecule has 0 saturated carbocycles. The zero-order valence-corrected chi connectivity index (χ0v) is 13.7. The molecule has 0 spiro atoms. The number of methoxy groups -OCH3 is 1. The fraction of sp³-hybridized carbons (Fsp3) is 0.100. The van der Waals surface area contributed by atoms with E-state index in [0.717, 1.165) is 33.1 Å². The van der Waals surface area contributed by atoms with Gasteiger partial charge in [0.15, 0.2) is 0 Å². The first-order valence-corrected chi connectivity index (χ1v) is 8.01. The highest BCUT2D eigenvalue weighted by molar-refractivity contribution is 6.09. The van der Waals surface area contributed by atoms with Crippen LogP contribution in [0.2, 0.25) is 0 Å². The van der Waals surface area contributed by atoms with Gasteiger partial charge in [-0.05, 0) is 35.9 Å². The van der Waals surface area contributed by atoms with E-state index >= 15 is 0 Å². The van der Waals surface area contributed by atoms with Crippen LogP contribution >= 0.6 is 0 Å². The highest BCUT2D eigenvalue weighted by atomic mass is 16.5. The lowest BCUT2D eigenvalue weighted by Crippen LogP contribution is -2.22. The van der Waals surface area contributed by atoms with E-state index in [4.69, 9.17) is 4.74 Å². The monoisotopic (exact) mass is 331 g/mol. The van der Waals surface area contributed by atoms with Crippen molar-refractivity contribution in [3.8, 4) is 5.75 Å². The largest absolute Gasteiger partial charge is 0.497 e. The number of nitrogens with one attached hydrogen (secondary N) is 2. The number of aromatic amines is 1. The number of carbonyl (C=O) groups is 1. The number of amides is 1. The zero-order valence-electron chi connectivity index (χ0n) is 13.7. The number of benzene rings is 2. The van der Waals surface area contributed by atoms with Crippen LogP contribution in [0, 0.1) is 0 Å². The van der Waals surface area contributed by atoms with E-state index in [2.05, 4.69) is 15.3 Å². The summed E-state index contributed by atoms with van der Waals surface area (Å²) in [7, 11) is 1.63. The third kappa shape index (κ3) is 2.92. The van der Waals surface area contributed by atoms with E-state index in [9.17, 15) is 4.79 Å². The SMILES string of the molecule is COc1cccc(CNC(=O)c2ccc3c(c2)[nH]c2cnccc23)c1. The van der Waals surface area contributed by atoms with Gasteiger partial charge < -0.3 is 15.0 Å². The van der Waals surface area contributed by atoms with Gasteiger partial charge in [0.1, 0.15) is 5.75 Å². The number of fused-ring (bicyclic) bond motifs is 3. The minimum absolute atomic E-state index is 0.110. The lowest BCUT2D eigenvalue weighted by atomic mass is 10.1. The van der Waals surface area contributed by atoms with E-state index in [1.54, 1.807) is 19.5 Å². The third-order valence-corrected chi connectivity index (χ3v) is 4.25. The van der Waals surface area contributed by atoms with Crippen molar-refractivity contribution < 1.29 is 9.53 Å². The molecule has 5 heteroatoms. The van der Waals surface area contributed by atoms with Gasteiger partial charge in [-0.2, -0.15) is 0 Å². The van der Waals surface area contributed by atoms with Crippen LogP contribution in [-0.4, -0.2) is 23.0 Å². The predicted molar refractivity (Wildman–Crippen MR) is 97.8 cm³/mol. The van der Waals surface area contributed by atoms with Crippen LogP contribution in [0.15, 0.2) is 60.9 Å². The quantitative estimate of drug-likeness (QED) is 0.600. The van der Waals surface area contributed by atoms with Crippen LogP contribution in [-0.2, 0) is 6.54 Å². The number of carbonyl (C=O) groups excluding carboxylic acids is 1. The summed E-state index contributed by atoms with van der Waals surface area (Å²) in [5.41, 5.74) is 3.50. The van der Waals surface area contributed by atoms with Crippen LogP contribution in [0.4, 0.5) is 0 Å². The van der Waals surface area contributed by atoms with E-state index in [1.165, 1.54) is 0 Å². The van der Waals surface area contributed by atoms with Crippen LogP contribution in [0.25, 0.3) is 21.8 Å². The Balaban J connectivity index is 1.56. The van der Waals surface area contributed by atoms with Crippen molar-refractivity contribution in [1.82, 2.24) is 15.3 Å². The summed E-state index contributed by atoms with van der Waals surface area (Å²) in [6.07, 6.45) is 3.56. The molecule has 0 fully saturated rings. The highest BCUT2D eigenvalue weighted by Gasteiger charge is 2.09. The average Bonchev–Trinajstić information content (AvgIpc) is 3.04. The Kier molecular flexibility index (Phi) is 3.82. The number of pyridine rings is 1. The lowest BCUT2D eigenvalue weighted by Gasteiger charge is -2.07. The molecule has 0 aliphatic carbocycles. The topological polar surface area (TPSA) is 67.0 Å². The molecule has 2 heterocycles. The van der Waals surface area contributed by atoms with Crippen LogP contribution in [0.1, 0.15) is 15.9 Å². The van der Waals surface area contributed by atoms with Crippen molar-refractivity contribution in [1.29, 1.82) is 0 Å². The Hall–Kier alpha value is -3.34. The lowest BCUT2D eigenvalue weighted by molar-refractivity contribution is 0.0951. The van der Waals surface area contributed by atoms with Gasteiger partial charge in [-0.15, -0.1) is 0 Å². The Morgan fingerprint density at radius 1 is 1.12 bits per heavy atom. The van der Waals surface area contributed by atoms with Gasteiger partial charge in [0.05, 0.1) is 18.8 Å². The van der Waals surface area contributed by atoms with Gasteiger partial charge in [0, 0.05) is 34.6 Å². The number of aromatic nitrogens is 2. The molecular weight excluding hydrogens is 314 g/mol. The average molecular weight is 331 g/mol. The Labute approximate surface area is 144 Å². The van der Waals surface area contributed by atoms with Gasteiger partial charge in [-0.25, -0.2) is 0 Å². The molecule has 2 N–H and O–H groups in total. The second-order valence-electron chi connectivity index (χ2n) is 5.84. The molecule has 2 aromatic carbocycles. The first kappa shape index (κ1) is 15.2. The predicted octanol–water partition coefficient (Wildman–Crippen LogP) is 3.65. The summed E-state index contributed by atoms with van der Waals surface area (Å²) >= 11 is 0. The molecule has 0 bridgehead atoms. The number of ether oxygens (including phenoxy) is 1. The van der Waals surface area contributed by atoms with Crippen LogP contribution < -0.4 is 10.1 Å². The summed E-state index contributed by atoms with van der Waals surface area (Å²) in [5, 5.41) is 5.13. The molecular formula is C20H17N3O2. The number of nitrogens with zero attached hydrogens (tertiary/aromatic N) is 1. The fourth-order valence-corrected chi connectivity index (χ4v) is 2.96. The molecule has 124 valence electrons. The van der Waals surface area contributed by atoms with E-state index in [1.807, 2.05) is 48.5 Å². The van der Waals surface area contributed by atoms with Crippen LogP contribution in [0.3, 0.4) is 0 Å². The fourth-order valence-electron chi connectivity index (χ4n) is 2.96. The molecule has 0 unspecified atom stereocenters. The Morgan fingerprint density at radius 2 is 2.00 bits per heavy atom. The first-order chi connectivity index (χ1) is 12.2. The molecule has 0 radical (unpaired) electrons. The summed E-state index contributed by atoms with van der Waals surface area (Å²) in [5.74, 6) is 0.668. The molecule has 0 aliphatic heterocycles. The summed E-state index contributed by atoms with van der Waals surface area (Å²) in [6, 6.07) is 15.3. The van der Waals surface area contributed by atoms with E-state index in [-0.39, 0.29) is 5.91 Å². The smallest absolute Gasteiger partial charge is 0.251 e. The van der Waals surface area contributed by atoms with Gasteiger partial charge in [0.25, 0.3) is 5.91 Å². The molecule has 1 amide bonds. The molecule has 2 aromatic heterocycles. The van der Waals surface area contributed by atoms with Gasteiger partial charge in [0.2, 0.25) is 0 Å². The standard InChI is InChI=1S/C20H17N3O2/c1-25-15-4-2-3-13(9-15)11-22-20(24)14-5-6-16-17-7-8-21-12-19(17)23-18(16)10-14/h2-10,12,23H,11H2,1H3,(H,22,24).